The second-order valence-electron chi connectivity index (χ2n) is 4.38. The number of rotatable bonds is 2. The fraction of sp³-hybridized carbons (Fsp3) is 0.333. The summed E-state index contributed by atoms with van der Waals surface area (Å²) in [5.41, 5.74) is 0.287. The van der Waals surface area contributed by atoms with Crippen LogP contribution in [0.1, 0.15) is 22.8 Å². The van der Waals surface area contributed by atoms with Crippen molar-refractivity contribution >= 4 is 27.5 Å². The van der Waals surface area contributed by atoms with Crippen LogP contribution in [0.15, 0.2) is 11.1 Å². The Morgan fingerprint density at radius 1 is 1.68 bits per heavy atom. The maximum atomic E-state index is 12.3. The third-order valence-corrected chi connectivity index (χ3v) is 4.51. The second-order valence-corrected chi connectivity index (χ2v) is 5.47. The van der Waals surface area contributed by atoms with Crippen molar-refractivity contribution in [2.45, 2.75) is 25.3 Å². The fourth-order valence-corrected chi connectivity index (χ4v) is 3.71. The molecule has 3 rings (SSSR count). The monoisotopic (exact) mass is 275 g/mol. The first kappa shape index (κ1) is 11.9. The van der Waals surface area contributed by atoms with Crippen molar-refractivity contribution in [2.75, 3.05) is 0 Å². The van der Waals surface area contributed by atoms with Crippen molar-refractivity contribution in [3.05, 3.63) is 27.1 Å². The van der Waals surface area contributed by atoms with E-state index in [-0.39, 0.29) is 12.1 Å². The largest absolute Gasteiger partial charge is 0.481 e. The highest BCUT2D eigenvalue weighted by molar-refractivity contribution is 7.18. The van der Waals surface area contributed by atoms with Crippen LogP contribution in [0.3, 0.4) is 0 Å². The maximum Gasteiger partial charge on any atom is 0.311 e. The first-order chi connectivity index (χ1) is 9.13. The summed E-state index contributed by atoms with van der Waals surface area (Å²) in [6.07, 6.45) is 2.54. The molecule has 0 aromatic carbocycles. The molecule has 1 unspecified atom stereocenters. The zero-order valence-electron chi connectivity index (χ0n) is 9.79. The lowest BCUT2D eigenvalue weighted by Crippen LogP contribution is -2.21. The molecule has 96 valence electrons. The van der Waals surface area contributed by atoms with Crippen molar-refractivity contribution in [2.24, 2.45) is 0 Å². The maximum absolute atomic E-state index is 12.3. The van der Waals surface area contributed by atoms with Gasteiger partial charge in [-0.3, -0.25) is 14.2 Å². The fourth-order valence-electron chi connectivity index (χ4n) is 2.50. The van der Waals surface area contributed by atoms with Crippen LogP contribution in [0.2, 0.25) is 0 Å². The first-order valence-corrected chi connectivity index (χ1v) is 6.55. The minimum atomic E-state index is -0.909. The van der Waals surface area contributed by atoms with Crippen molar-refractivity contribution in [3.8, 4) is 6.07 Å². The molecule has 0 saturated carbocycles. The summed E-state index contributed by atoms with van der Waals surface area (Å²) in [7, 11) is 0. The molecule has 1 aliphatic carbocycles. The molecular weight excluding hydrogens is 266 g/mol. The number of nitriles is 1. The van der Waals surface area contributed by atoms with Gasteiger partial charge in [0.15, 0.2) is 0 Å². The lowest BCUT2D eigenvalue weighted by atomic mass is 10.0. The van der Waals surface area contributed by atoms with E-state index in [9.17, 15) is 14.7 Å². The molecule has 6 nitrogen and oxygen atoms in total. The van der Waals surface area contributed by atoms with E-state index in [1.54, 1.807) is 0 Å². The lowest BCUT2D eigenvalue weighted by molar-refractivity contribution is -0.138. The van der Waals surface area contributed by atoms with E-state index in [0.717, 1.165) is 4.88 Å². The SMILES string of the molecule is N#CCn1cnc2sc3c(c2c1=O)C(C(=O)O)CC3. The number of carboxylic acid groups (broad SMARTS) is 1. The quantitative estimate of drug-likeness (QED) is 0.885. The van der Waals surface area contributed by atoms with Gasteiger partial charge in [-0.2, -0.15) is 5.26 Å². The van der Waals surface area contributed by atoms with Gasteiger partial charge in [0.1, 0.15) is 17.7 Å². The van der Waals surface area contributed by atoms with Gasteiger partial charge in [0, 0.05) is 4.88 Å². The van der Waals surface area contributed by atoms with E-state index < -0.39 is 11.9 Å². The van der Waals surface area contributed by atoms with Crippen molar-refractivity contribution in [1.29, 1.82) is 5.26 Å². The van der Waals surface area contributed by atoms with Crippen LogP contribution in [0.5, 0.6) is 0 Å². The van der Waals surface area contributed by atoms with Gasteiger partial charge in [0.05, 0.1) is 17.4 Å². The molecule has 0 fully saturated rings. The summed E-state index contributed by atoms with van der Waals surface area (Å²) in [6.45, 7) is -0.0792. The third-order valence-electron chi connectivity index (χ3n) is 3.34. The van der Waals surface area contributed by atoms with Gasteiger partial charge < -0.3 is 5.11 Å². The number of thiophene rings is 1. The van der Waals surface area contributed by atoms with Crippen LogP contribution in [0.25, 0.3) is 10.2 Å². The number of hydrogen-bond acceptors (Lipinski definition) is 5. The highest BCUT2D eigenvalue weighted by Crippen LogP contribution is 2.41. The molecule has 2 aromatic heterocycles. The molecule has 0 saturated heterocycles. The van der Waals surface area contributed by atoms with Gasteiger partial charge in [0.25, 0.3) is 5.56 Å². The number of fused-ring (bicyclic) bond motifs is 3. The topological polar surface area (TPSA) is 96.0 Å². The van der Waals surface area contributed by atoms with Crippen LogP contribution in [-0.2, 0) is 17.8 Å². The van der Waals surface area contributed by atoms with Crippen LogP contribution in [-0.4, -0.2) is 20.6 Å². The molecule has 1 atom stereocenters. The first-order valence-electron chi connectivity index (χ1n) is 5.74. The molecule has 1 N–H and O–H groups in total. The second kappa shape index (κ2) is 4.17. The Morgan fingerprint density at radius 3 is 3.16 bits per heavy atom. The van der Waals surface area contributed by atoms with E-state index >= 15 is 0 Å². The molecule has 7 heteroatoms. The Bertz CT molecular complexity index is 784. The molecule has 0 spiro atoms. The molecule has 2 heterocycles. The number of carboxylic acids is 1. The molecule has 0 radical (unpaired) electrons. The van der Waals surface area contributed by atoms with Crippen molar-refractivity contribution in [1.82, 2.24) is 9.55 Å². The van der Waals surface area contributed by atoms with E-state index in [1.165, 1.54) is 22.2 Å². The summed E-state index contributed by atoms with van der Waals surface area (Å²) in [6, 6.07) is 1.89. The zero-order chi connectivity index (χ0) is 13.6. The minimum absolute atomic E-state index is 0.0792. The molecular formula is C12H9N3O3S. The Morgan fingerprint density at radius 2 is 2.47 bits per heavy atom. The molecule has 0 aliphatic heterocycles. The van der Waals surface area contributed by atoms with E-state index in [0.29, 0.717) is 28.6 Å². The number of hydrogen-bond donors (Lipinski definition) is 1. The smallest absolute Gasteiger partial charge is 0.311 e. The number of aryl methyl sites for hydroxylation is 1. The summed E-state index contributed by atoms with van der Waals surface area (Å²) in [5, 5.41) is 18.3. The lowest BCUT2D eigenvalue weighted by Gasteiger charge is -2.05. The van der Waals surface area contributed by atoms with Gasteiger partial charge >= 0.3 is 5.97 Å². The summed E-state index contributed by atoms with van der Waals surface area (Å²) in [5.74, 6) is -1.54. The minimum Gasteiger partial charge on any atom is -0.481 e. The van der Waals surface area contributed by atoms with Gasteiger partial charge in [0.2, 0.25) is 0 Å². The summed E-state index contributed by atoms with van der Waals surface area (Å²) < 4.78 is 1.21. The molecule has 1 aliphatic rings. The van der Waals surface area contributed by atoms with Crippen LogP contribution in [0.4, 0.5) is 0 Å². The number of aromatic nitrogens is 2. The van der Waals surface area contributed by atoms with E-state index in [4.69, 9.17) is 5.26 Å². The summed E-state index contributed by atoms with van der Waals surface area (Å²) >= 11 is 1.38. The van der Waals surface area contributed by atoms with Crippen LogP contribution >= 0.6 is 11.3 Å². The normalized spacial score (nSPS) is 17.3. The Labute approximate surface area is 111 Å². The highest BCUT2D eigenvalue weighted by Gasteiger charge is 2.34. The number of carbonyl (C=O) groups is 1. The van der Waals surface area contributed by atoms with Gasteiger partial charge in [-0.05, 0) is 18.4 Å². The van der Waals surface area contributed by atoms with Gasteiger partial charge in [-0.1, -0.05) is 0 Å². The highest BCUT2D eigenvalue weighted by atomic mass is 32.1. The molecule has 19 heavy (non-hydrogen) atoms. The van der Waals surface area contributed by atoms with Crippen LogP contribution in [0, 0.1) is 11.3 Å². The Hall–Kier alpha value is -2.20. The molecule has 2 aromatic rings. The van der Waals surface area contributed by atoms with Crippen molar-refractivity contribution in [3.63, 3.8) is 0 Å². The number of nitrogens with zero attached hydrogens (tertiary/aromatic N) is 3. The average Bonchev–Trinajstić information content (AvgIpc) is 2.90. The van der Waals surface area contributed by atoms with Crippen LogP contribution < -0.4 is 5.56 Å². The third kappa shape index (κ3) is 1.64. The van der Waals surface area contributed by atoms with Gasteiger partial charge in [-0.25, -0.2) is 4.98 Å². The summed E-state index contributed by atoms with van der Waals surface area (Å²) in [4.78, 5) is 29.2. The Balaban J connectivity index is 2.32. The predicted molar refractivity (Wildman–Crippen MR) is 68.2 cm³/mol. The van der Waals surface area contributed by atoms with Crippen molar-refractivity contribution < 1.29 is 9.90 Å². The van der Waals surface area contributed by atoms with E-state index in [2.05, 4.69) is 4.98 Å². The van der Waals surface area contributed by atoms with Gasteiger partial charge in [-0.15, -0.1) is 11.3 Å². The Kier molecular flexibility index (Phi) is 2.61. The molecule has 0 bridgehead atoms. The van der Waals surface area contributed by atoms with E-state index in [1.807, 2.05) is 6.07 Å². The number of aliphatic carboxylic acids is 1. The average molecular weight is 275 g/mol. The predicted octanol–water partition coefficient (Wildman–Crippen LogP) is 1.10. The molecule has 0 amide bonds. The zero-order valence-corrected chi connectivity index (χ0v) is 10.6. The standard InChI is InChI=1S/C12H9N3O3S/c13-3-4-15-5-14-10-9(11(15)16)8-6(12(17)18)1-2-7(8)19-10/h5-6H,1-2,4H2,(H,17,18).